The third-order valence-electron chi connectivity index (χ3n) is 7.18. The Morgan fingerprint density at radius 1 is 0.646 bits per heavy atom. The van der Waals surface area contributed by atoms with Crippen molar-refractivity contribution in [2.45, 2.75) is 69.1 Å². The molecule has 0 saturated heterocycles. The molecule has 1 radical (unpaired) electrons. The maximum atomic E-state index is 13.7. The Hall–Kier alpha value is -4.50. The monoisotopic (exact) mass is 716 g/mol. The number of carboxylic acids is 1. The minimum atomic E-state index is -1.26. The molecule has 2 aromatic carbocycles. The molecule has 0 aliphatic heterocycles. The maximum absolute atomic E-state index is 13.7. The average molecular weight is 717 g/mol. The zero-order chi connectivity index (χ0) is 34.6. The van der Waals surface area contributed by atoms with E-state index in [4.69, 9.17) is 22.9 Å². The van der Waals surface area contributed by atoms with E-state index >= 15 is 0 Å². The fourth-order valence-electron chi connectivity index (χ4n) is 4.71. The average Bonchev–Trinajstić information content (AvgIpc) is 3.05. The molecule has 4 atom stereocenters. The zero-order valence-electron chi connectivity index (χ0n) is 26.7. The van der Waals surface area contributed by atoms with Crippen molar-refractivity contribution in [1.82, 2.24) is 21.3 Å². The summed E-state index contributed by atoms with van der Waals surface area (Å²) in [4.78, 5) is 68.7. The van der Waals surface area contributed by atoms with Crippen LogP contribution in [0.15, 0.2) is 65.7 Å². The van der Waals surface area contributed by atoms with Gasteiger partial charge in [0.15, 0.2) is 5.96 Å². The number of nitrogens with two attached hydrogens (primary N) is 4. The van der Waals surface area contributed by atoms with Crippen LogP contribution in [-0.2, 0) is 53.9 Å². The SMILES string of the molecule is NCCCC[C@H](NC(=O)[C@H](CCCN=C(N)N)NC(=O)CN)C(=O)N[C@@H](Cc1ccccc1)C(=O)N[C@@H](Cc1ccccc1)C(=O)O.[Cu+2]. The summed E-state index contributed by atoms with van der Waals surface area (Å²) < 4.78 is 0. The van der Waals surface area contributed by atoms with Crippen LogP contribution in [0, 0.1) is 0 Å². The van der Waals surface area contributed by atoms with E-state index in [1.54, 1.807) is 60.7 Å². The normalized spacial score (nSPS) is 13.0. The van der Waals surface area contributed by atoms with E-state index in [1.165, 1.54) is 0 Å². The number of nitrogens with zero attached hydrogens (tertiary/aromatic N) is 1. The van der Waals surface area contributed by atoms with E-state index in [9.17, 15) is 29.1 Å². The van der Waals surface area contributed by atoms with Crippen molar-refractivity contribution >= 4 is 35.6 Å². The number of hydrogen-bond donors (Lipinski definition) is 9. The quantitative estimate of drug-likeness (QED) is 0.0317. The number of carbonyl (C=O) groups excluding carboxylic acids is 4. The van der Waals surface area contributed by atoms with Crippen LogP contribution in [0.4, 0.5) is 0 Å². The fraction of sp³-hybridized carbons (Fsp3) is 0.438. The van der Waals surface area contributed by atoms with Crippen molar-refractivity contribution in [2.24, 2.45) is 27.9 Å². The van der Waals surface area contributed by atoms with Gasteiger partial charge in [0.2, 0.25) is 23.6 Å². The van der Waals surface area contributed by atoms with Crippen LogP contribution in [0.3, 0.4) is 0 Å². The molecule has 0 bridgehead atoms. The minimum Gasteiger partial charge on any atom is -0.480 e. The second-order valence-electron chi connectivity index (χ2n) is 11.0. The van der Waals surface area contributed by atoms with Crippen LogP contribution >= 0.6 is 0 Å². The van der Waals surface area contributed by atoms with E-state index in [1.807, 2.05) is 0 Å². The Morgan fingerprint density at radius 2 is 1.10 bits per heavy atom. The first-order chi connectivity index (χ1) is 22.5. The Morgan fingerprint density at radius 3 is 1.60 bits per heavy atom. The van der Waals surface area contributed by atoms with Gasteiger partial charge in [-0.1, -0.05) is 60.7 Å². The summed E-state index contributed by atoms with van der Waals surface area (Å²) in [5.74, 6) is -3.92. The number of amides is 4. The van der Waals surface area contributed by atoms with Gasteiger partial charge in [-0.25, -0.2) is 4.79 Å². The number of carboxylic acid groups (broad SMARTS) is 1. The van der Waals surface area contributed by atoms with Crippen molar-refractivity contribution in [3.05, 3.63) is 71.8 Å². The molecule has 0 unspecified atom stereocenters. The molecule has 4 amide bonds. The summed E-state index contributed by atoms with van der Waals surface area (Å²) in [6.07, 6.45) is 1.82. The predicted octanol–water partition coefficient (Wildman–Crippen LogP) is -1.37. The van der Waals surface area contributed by atoms with E-state index in [0.717, 1.165) is 5.56 Å². The number of unbranched alkanes of at least 4 members (excludes halogenated alkanes) is 1. The Labute approximate surface area is 290 Å². The van der Waals surface area contributed by atoms with E-state index in [0.29, 0.717) is 31.4 Å². The molecule has 0 spiro atoms. The number of rotatable bonds is 21. The minimum absolute atomic E-state index is 0. The molecule has 13 N–H and O–H groups in total. The van der Waals surface area contributed by atoms with Crippen LogP contribution in [0.5, 0.6) is 0 Å². The van der Waals surface area contributed by atoms with Crippen molar-refractivity contribution in [2.75, 3.05) is 19.6 Å². The first-order valence-electron chi connectivity index (χ1n) is 15.5. The van der Waals surface area contributed by atoms with Crippen LogP contribution in [0.1, 0.15) is 43.2 Å². The topological polar surface area (TPSA) is 270 Å². The number of benzene rings is 2. The second kappa shape index (κ2) is 22.9. The van der Waals surface area contributed by atoms with Gasteiger partial charge in [0.25, 0.3) is 0 Å². The second-order valence-corrected chi connectivity index (χ2v) is 11.0. The molecule has 2 rings (SSSR count). The van der Waals surface area contributed by atoms with Gasteiger partial charge in [0.1, 0.15) is 24.2 Å². The molecule has 0 aromatic heterocycles. The molecular formula is C32H47CuN9O6+2. The maximum Gasteiger partial charge on any atom is 2.00 e. The zero-order valence-corrected chi connectivity index (χ0v) is 27.6. The molecule has 16 heteroatoms. The van der Waals surface area contributed by atoms with Crippen molar-refractivity contribution in [1.29, 1.82) is 0 Å². The molecule has 2 aromatic rings. The van der Waals surface area contributed by atoms with E-state index in [-0.39, 0.29) is 61.8 Å². The van der Waals surface area contributed by atoms with E-state index in [2.05, 4.69) is 26.3 Å². The first kappa shape index (κ1) is 41.5. The smallest absolute Gasteiger partial charge is 0.480 e. The third kappa shape index (κ3) is 15.9. The number of hydrogen-bond acceptors (Lipinski definition) is 8. The standard InChI is InChI=1S/C32H47N9O6.Cu/c33-16-8-7-14-24(39-28(43)23(38-27(42)20-34)15-9-17-37-32(35)36)29(44)40-25(18-21-10-3-1-4-11-21)30(45)41-26(31(46)47)19-22-12-5-2-6-13-22;/h1-6,10-13,23-26H,7-9,14-20,33-34H2,(H,38,42)(H,39,43)(H,40,44)(H,41,45)(H,46,47)(H4,35,36,37);/q;+2/t23-,24-,25-,26-;/m0./s1. The Bertz CT molecular complexity index is 1330. The summed E-state index contributed by atoms with van der Waals surface area (Å²) in [5, 5.41) is 20.4. The summed E-state index contributed by atoms with van der Waals surface area (Å²) >= 11 is 0. The third-order valence-corrected chi connectivity index (χ3v) is 7.18. The van der Waals surface area contributed by atoms with Gasteiger partial charge in [-0.2, -0.15) is 0 Å². The van der Waals surface area contributed by atoms with Crippen LogP contribution in [0.2, 0.25) is 0 Å². The predicted molar refractivity (Wildman–Crippen MR) is 178 cm³/mol. The van der Waals surface area contributed by atoms with Gasteiger partial charge >= 0.3 is 23.0 Å². The van der Waals surface area contributed by atoms with E-state index < -0.39 is 53.8 Å². The summed E-state index contributed by atoms with van der Waals surface area (Å²) in [6, 6.07) is 13.2. The summed E-state index contributed by atoms with van der Waals surface area (Å²) in [6.45, 7) is 0.220. The van der Waals surface area contributed by atoms with Crippen LogP contribution in [-0.4, -0.2) is 84.5 Å². The fourth-order valence-corrected chi connectivity index (χ4v) is 4.71. The van der Waals surface area contributed by atoms with Gasteiger partial charge in [-0.15, -0.1) is 0 Å². The van der Waals surface area contributed by atoms with Crippen LogP contribution < -0.4 is 44.2 Å². The van der Waals surface area contributed by atoms with Gasteiger partial charge in [0.05, 0.1) is 6.54 Å². The van der Waals surface area contributed by atoms with Crippen molar-refractivity contribution in [3.63, 3.8) is 0 Å². The first-order valence-corrected chi connectivity index (χ1v) is 15.5. The van der Waals surface area contributed by atoms with Gasteiger partial charge in [-0.3, -0.25) is 24.2 Å². The molecule has 15 nitrogen and oxygen atoms in total. The molecule has 0 aliphatic carbocycles. The van der Waals surface area contributed by atoms with Gasteiger partial charge < -0.3 is 49.3 Å². The molecule has 0 saturated carbocycles. The van der Waals surface area contributed by atoms with Crippen molar-refractivity contribution in [3.8, 4) is 0 Å². The number of carbonyl (C=O) groups is 5. The van der Waals surface area contributed by atoms with Crippen LogP contribution in [0.25, 0.3) is 0 Å². The molecule has 0 aliphatic rings. The Balaban J connectivity index is 0.0000115. The summed E-state index contributed by atoms with van der Waals surface area (Å²) in [5.41, 5.74) is 23.3. The number of nitrogens with one attached hydrogen (secondary N) is 4. The Kier molecular flexibility index (Phi) is 19.8. The largest absolute Gasteiger partial charge is 2.00 e. The van der Waals surface area contributed by atoms with Gasteiger partial charge in [-0.05, 0) is 49.8 Å². The number of aliphatic imine (C=N–C) groups is 1. The molecule has 0 fully saturated rings. The molecule has 265 valence electrons. The molecule has 48 heavy (non-hydrogen) atoms. The molecular weight excluding hydrogens is 670 g/mol. The van der Waals surface area contributed by atoms with Gasteiger partial charge in [0, 0.05) is 19.4 Å². The summed E-state index contributed by atoms with van der Waals surface area (Å²) in [7, 11) is 0. The van der Waals surface area contributed by atoms with Crippen molar-refractivity contribution < 1.29 is 46.1 Å². The molecule has 0 heterocycles. The number of guanidine groups is 1. The number of aliphatic carboxylic acids is 1.